The zero-order valence-electron chi connectivity index (χ0n) is 15.9. The number of alkyl carbamates (subject to hydrolysis) is 1. The van der Waals surface area contributed by atoms with Gasteiger partial charge in [0.05, 0.1) is 12.0 Å². The summed E-state index contributed by atoms with van der Waals surface area (Å²) in [6.07, 6.45) is -1.04. The molecule has 0 spiro atoms. The monoisotopic (exact) mass is 392 g/mol. The van der Waals surface area contributed by atoms with Crippen LogP contribution in [0.3, 0.4) is 0 Å². The maximum atomic E-state index is 12.8. The third kappa shape index (κ3) is 4.99. The van der Waals surface area contributed by atoms with E-state index in [0.29, 0.717) is 5.56 Å². The molecule has 28 heavy (non-hydrogen) atoms. The number of carboxylic acid groups (broad SMARTS) is 2. The Labute approximate surface area is 162 Å². The largest absolute Gasteiger partial charge is 0.481 e. The molecular formula is C19H24N2O7. The van der Waals surface area contributed by atoms with Crippen molar-refractivity contribution in [2.75, 3.05) is 6.54 Å². The number of carbonyl (C=O) groups is 4. The highest BCUT2D eigenvalue weighted by Gasteiger charge is 2.50. The van der Waals surface area contributed by atoms with Crippen molar-refractivity contribution in [2.45, 2.75) is 44.9 Å². The van der Waals surface area contributed by atoms with E-state index in [1.54, 1.807) is 51.1 Å². The van der Waals surface area contributed by atoms with Gasteiger partial charge in [-0.25, -0.2) is 9.59 Å². The molecule has 3 N–H and O–H groups in total. The van der Waals surface area contributed by atoms with Crippen LogP contribution in [-0.2, 0) is 19.1 Å². The molecule has 0 aliphatic carbocycles. The average Bonchev–Trinajstić information content (AvgIpc) is 3.00. The molecular weight excluding hydrogens is 368 g/mol. The van der Waals surface area contributed by atoms with Gasteiger partial charge in [0.2, 0.25) is 5.91 Å². The molecule has 3 unspecified atom stereocenters. The lowest BCUT2D eigenvalue weighted by atomic mass is 9.93. The predicted octanol–water partition coefficient (Wildman–Crippen LogP) is 1.64. The predicted molar refractivity (Wildman–Crippen MR) is 97.4 cm³/mol. The molecule has 1 aromatic carbocycles. The maximum absolute atomic E-state index is 12.8. The summed E-state index contributed by atoms with van der Waals surface area (Å²) in [6, 6.07) is 6.14. The van der Waals surface area contributed by atoms with Crippen LogP contribution in [0.5, 0.6) is 0 Å². The molecule has 1 aromatic rings. The summed E-state index contributed by atoms with van der Waals surface area (Å²) in [5.74, 6) is -4.25. The number of nitrogens with one attached hydrogen (secondary N) is 1. The first-order chi connectivity index (χ1) is 13.0. The van der Waals surface area contributed by atoms with E-state index in [0.717, 1.165) is 4.90 Å². The molecule has 0 saturated carbocycles. The summed E-state index contributed by atoms with van der Waals surface area (Å²) < 4.78 is 5.06. The number of benzene rings is 1. The Bertz CT molecular complexity index is 757. The molecule has 1 heterocycles. The molecule has 9 nitrogen and oxygen atoms in total. The van der Waals surface area contributed by atoms with Crippen LogP contribution in [0.15, 0.2) is 30.3 Å². The number of hydrogen-bond donors (Lipinski definition) is 3. The zero-order valence-corrected chi connectivity index (χ0v) is 15.9. The number of carboxylic acids is 2. The first-order valence-corrected chi connectivity index (χ1v) is 8.80. The van der Waals surface area contributed by atoms with E-state index in [-0.39, 0.29) is 6.42 Å². The molecule has 2 amide bonds. The van der Waals surface area contributed by atoms with Crippen molar-refractivity contribution in [2.24, 2.45) is 5.92 Å². The lowest BCUT2D eigenvalue weighted by molar-refractivity contribution is -0.149. The van der Waals surface area contributed by atoms with Gasteiger partial charge in [0.25, 0.3) is 0 Å². The Kier molecular flexibility index (Phi) is 6.27. The SMILES string of the molecule is CC(C)(C)OC(=O)NCC(=O)N1C(C(=O)O)CC(C(=O)O)C1c1ccccc1. The molecule has 0 radical (unpaired) electrons. The first-order valence-electron chi connectivity index (χ1n) is 8.80. The van der Waals surface area contributed by atoms with Crippen LogP contribution in [0.1, 0.15) is 38.8 Å². The fourth-order valence-corrected chi connectivity index (χ4v) is 3.25. The second-order valence-corrected chi connectivity index (χ2v) is 7.55. The molecule has 0 bridgehead atoms. The number of rotatable bonds is 5. The van der Waals surface area contributed by atoms with Crippen LogP contribution in [0.4, 0.5) is 4.79 Å². The van der Waals surface area contributed by atoms with E-state index in [1.165, 1.54) is 0 Å². The lowest BCUT2D eigenvalue weighted by Crippen LogP contribution is -2.47. The zero-order chi connectivity index (χ0) is 21.1. The van der Waals surface area contributed by atoms with Crippen molar-refractivity contribution in [3.8, 4) is 0 Å². The molecule has 1 fully saturated rings. The molecule has 0 aromatic heterocycles. The van der Waals surface area contributed by atoms with Gasteiger partial charge >= 0.3 is 18.0 Å². The minimum atomic E-state index is -1.31. The number of aliphatic carboxylic acids is 2. The number of ether oxygens (including phenoxy) is 1. The molecule has 1 aliphatic rings. The average molecular weight is 392 g/mol. The van der Waals surface area contributed by atoms with Crippen LogP contribution in [0, 0.1) is 5.92 Å². The van der Waals surface area contributed by atoms with Gasteiger partial charge in [-0.1, -0.05) is 30.3 Å². The summed E-state index contributed by atoms with van der Waals surface area (Å²) in [5, 5.41) is 21.4. The maximum Gasteiger partial charge on any atom is 0.408 e. The molecule has 3 atom stereocenters. The Morgan fingerprint density at radius 1 is 1.11 bits per heavy atom. The lowest BCUT2D eigenvalue weighted by Gasteiger charge is -2.30. The summed E-state index contributed by atoms with van der Waals surface area (Å²) in [7, 11) is 0. The van der Waals surface area contributed by atoms with Gasteiger partial charge in [0.1, 0.15) is 18.2 Å². The highest BCUT2D eigenvalue weighted by atomic mass is 16.6. The number of amides is 2. The van der Waals surface area contributed by atoms with Crippen LogP contribution in [0.2, 0.25) is 0 Å². The summed E-state index contributed by atoms with van der Waals surface area (Å²) >= 11 is 0. The highest BCUT2D eigenvalue weighted by molar-refractivity contribution is 5.89. The fraction of sp³-hybridized carbons (Fsp3) is 0.474. The molecule has 2 rings (SSSR count). The van der Waals surface area contributed by atoms with Gasteiger partial charge in [-0.2, -0.15) is 0 Å². The van der Waals surface area contributed by atoms with Crippen molar-refractivity contribution in [3.63, 3.8) is 0 Å². The Morgan fingerprint density at radius 2 is 1.71 bits per heavy atom. The van der Waals surface area contributed by atoms with Crippen LogP contribution >= 0.6 is 0 Å². The van der Waals surface area contributed by atoms with E-state index >= 15 is 0 Å². The molecule has 1 saturated heterocycles. The molecule has 152 valence electrons. The van der Waals surface area contributed by atoms with E-state index < -0.39 is 54.1 Å². The van der Waals surface area contributed by atoms with Gasteiger partial charge in [0.15, 0.2) is 0 Å². The normalized spacial score (nSPS) is 21.8. The quantitative estimate of drug-likeness (QED) is 0.693. The van der Waals surface area contributed by atoms with Crippen molar-refractivity contribution in [3.05, 3.63) is 35.9 Å². The fourth-order valence-electron chi connectivity index (χ4n) is 3.25. The van der Waals surface area contributed by atoms with Crippen LogP contribution in [-0.4, -0.2) is 57.2 Å². The van der Waals surface area contributed by atoms with Crippen molar-refractivity contribution in [1.82, 2.24) is 10.2 Å². The van der Waals surface area contributed by atoms with Gasteiger partial charge < -0.3 is 25.2 Å². The van der Waals surface area contributed by atoms with E-state index in [2.05, 4.69) is 5.32 Å². The summed E-state index contributed by atoms with van der Waals surface area (Å²) in [5.41, 5.74) is -0.241. The van der Waals surface area contributed by atoms with Gasteiger partial charge in [-0.3, -0.25) is 9.59 Å². The third-order valence-electron chi connectivity index (χ3n) is 4.31. The van der Waals surface area contributed by atoms with E-state index in [9.17, 15) is 29.4 Å². The molecule has 9 heteroatoms. The highest BCUT2D eigenvalue weighted by Crippen LogP contribution is 2.41. The first kappa shape index (κ1) is 21.2. The Morgan fingerprint density at radius 3 is 2.21 bits per heavy atom. The summed E-state index contributed by atoms with van der Waals surface area (Å²) in [4.78, 5) is 49.0. The Hall–Kier alpha value is -3.10. The number of nitrogens with zero attached hydrogens (tertiary/aromatic N) is 1. The van der Waals surface area contributed by atoms with Gasteiger partial charge in [-0.15, -0.1) is 0 Å². The second-order valence-electron chi connectivity index (χ2n) is 7.55. The third-order valence-corrected chi connectivity index (χ3v) is 4.31. The minimum absolute atomic E-state index is 0.220. The molecule has 1 aliphatic heterocycles. The minimum Gasteiger partial charge on any atom is -0.481 e. The standard InChI is InChI=1S/C19H24N2O7/c1-19(2,3)28-18(27)20-10-14(22)21-13(17(25)26)9-12(16(23)24)15(21)11-7-5-4-6-8-11/h4-8,12-13,15H,9-10H2,1-3H3,(H,20,27)(H,23,24)(H,25,26). The van der Waals surface area contributed by atoms with Gasteiger partial charge in [-0.05, 0) is 32.8 Å². The summed E-state index contributed by atoms with van der Waals surface area (Å²) in [6.45, 7) is 4.49. The van der Waals surface area contributed by atoms with Crippen molar-refractivity contribution in [1.29, 1.82) is 0 Å². The second kappa shape index (κ2) is 8.28. The van der Waals surface area contributed by atoms with Crippen LogP contribution < -0.4 is 5.32 Å². The Balaban J connectivity index is 2.27. The van der Waals surface area contributed by atoms with E-state index in [1.807, 2.05) is 0 Å². The smallest absolute Gasteiger partial charge is 0.408 e. The topological polar surface area (TPSA) is 133 Å². The van der Waals surface area contributed by atoms with Gasteiger partial charge in [0, 0.05) is 0 Å². The van der Waals surface area contributed by atoms with Crippen molar-refractivity contribution < 1.29 is 34.1 Å². The van der Waals surface area contributed by atoms with Crippen molar-refractivity contribution >= 4 is 23.9 Å². The van der Waals surface area contributed by atoms with Crippen LogP contribution in [0.25, 0.3) is 0 Å². The number of likely N-dealkylation sites (tertiary alicyclic amines) is 1. The number of hydrogen-bond acceptors (Lipinski definition) is 5. The number of carbonyl (C=O) groups excluding carboxylic acids is 2. The van der Waals surface area contributed by atoms with E-state index in [4.69, 9.17) is 4.74 Å².